The van der Waals surface area contributed by atoms with Crippen molar-refractivity contribution in [2.45, 2.75) is 50.7 Å². The van der Waals surface area contributed by atoms with Gasteiger partial charge in [0, 0.05) is 6.54 Å². The largest absolute Gasteiger partial charge is 0.326 e. The van der Waals surface area contributed by atoms with E-state index in [1.165, 1.54) is 49.7 Å². The summed E-state index contributed by atoms with van der Waals surface area (Å²) in [6.45, 7) is 0.643. The summed E-state index contributed by atoms with van der Waals surface area (Å²) in [5.74, 6) is 0.945. The molecule has 0 heterocycles. The molecule has 94 valence electrons. The highest BCUT2D eigenvalue weighted by Crippen LogP contribution is 2.36. The van der Waals surface area contributed by atoms with Gasteiger partial charge in [-0.15, -0.1) is 9.24 Å². The molecule has 1 saturated carbocycles. The molecule has 1 aliphatic rings. The lowest BCUT2D eigenvalue weighted by Crippen LogP contribution is -2.08. The van der Waals surface area contributed by atoms with E-state index < -0.39 is 0 Å². The molecule has 1 fully saturated rings. The average Bonchev–Trinajstić information content (AvgIpc) is 2.40. The summed E-state index contributed by atoms with van der Waals surface area (Å²) in [6, 6.07) is 8.80. The smallest absolute Gasteiger partial charge is 0.0178 e. The standard InChI is InChI=1S/C15H24NP/c16-11-13-6-8-14(9-7-13)15(17)10-12-4-2-1-3-5-12/h6-9,12,15H,1-5,10-11,16-17H2. The molecule has 1 aliphatic carbocycles. The monoisotopic (exact) mass is 249 g/mol. The van der Waals surface area contributed by atoms with Crippen molar-refractivity contribution in [3.05, 3.63) is 35.4 Å². The van der Waals surface area contributed by atoms with E-state index in [9.17, 15) is 0 Å². The van der Waals surface area contributed by atoms with Gasteiger partial charge >= 0.3 is 0 Å². The third-order valence-electron chi connectivity index (χ3n) is 3.96. The lowest BCUT2D eigenvalue weighted by atomic mass is 9.85. The summed E-state index contributed by atoms with van der Waals surface area (Å²) >= 11 is 0. The average molecular weight is 249 g/mol. The summed E-state index contributed by atoms with van der Waals surface area (Å²) < 4.78 is 0. The van der Waals surface area contributed by atoms with Crippen LogP contribution in [0.25, 0.3) is 0 Å². The lowest BCUT2D eigenvalue weighted by molar-refractivity contribution is 0.337. The zero-order valence-electron chi connectivity index (χ0n) is 10.6. The first kappa shape index (κ1) is 13.1. The normalized spacial score (nSPS) is 19.2. The minimum atomic E-state index is 0.616. The maximum Gasteiger partial charge on any atom is 0.0178 e. The van der Waals surface area contributed by atoms with Crippen molar-refractivity contribution in [3.63, 3.8) is 0 Å². The molecule has 0 bridgehead atoms. The van der Waals surface area contributed by atoms with Gasteiger partial charge in [0.05, 0.1) is 0 Å². The predicted octanol–water partition coefficient (Wildman–Crippen LogP) is 4.03. The highest BCUT2D eigenvalue weighted by molar-refractivity contribution is 7.17. The van der Waals surface area contributed by atoms with Gasteiger partial charge in [-0.3, -0.25) is 0 Å². The van der Waals surface area contributed by atoms with Crippen LogP contribution >= 0.6 is 9.24 Å². The first-order valence-electron chi connectivity index (χ1n) is 6.84. The fourth-order valence-electron chi connectivity index (χ4n) is 2.82. The highest BCUT2D eigenvalue weighted by atomic mass is 31.0. The molecule has 1 aromatic rings. The van der Waals surface area contributed by atoms with E-state index in [0.29, 0.717) is 12.2 Å². The molecule has 2 unspecified atom stereocenters. The van der Waals surface area contributed by atoms with Gasteiger partial charge in [-0.2, -0.15) is 0 Å². The van der Waals surface area contributed by atoms with Crippen LogP contribution in [-0.2, 0) is 6.54 Å². The summed E-state index contributed by atoms with van der Waals surface area (Å²) in [6.07, 6.45) is 8.52. The Labute approximate surface area is 107 Å². The minimum absolute atomic E-state index is 0.616. The van der Waals surface area contributed by atoms with Gasteiger partial charge in [-0.1, -0.05) is 56.4 Å². The molecule has 17 heavy (non-hydrogen) atoms. The summed E-state index contributed by atoms with van der Waals surface area (Å²) in [5.41, 5.74) is 8.90. The van der Waals surface area contributed by atoms with E-state index in [1.54, 1.807) is 0 Å². The number of rotatable bonds is 4. The van der Waals surface area contributed by atoms with Gasteiger partial charge in [-0.05, 0) is 29.1 Å². The Hall–Kier alpha value is -0.390. The van der Waals surface area contributed by atoms with Crippen molar-refractivity contribution in [1.29, 1.82) is 0 Å². The van der Waals surface area contributed by atoms with E-state index in [0.717, 1.165) is 5.92 Å². The second-order valence-corrected chi connectivity index (χ2v) is 6.10. The minimum Gasteiger partial charge on any atom is -0.326 e. The van der Waals surface area contributed by atoms with Crippen LogP contribution in [0.1, 0.15) is 55.3 Å². The summed E-state index contributed by atoms with van der Waals surface area (Å²) in [7, 11) is 3.02. The Kier molecular flexibility index (Phi) is 5.00. The van der Waals surface area contributed by atoms with Crippen molar-refractivity contribution in [3.8, 4) is 0 Å². The van der Waals surface area contributed by atoms with Crippen molar-refractivity contribution in [1.82, 2.24) is 0 Å². The van der Waals surface area contributed by atoms with Gasteiger partial charge in [0.25, 0.3) is 0 Å². The van der Waals surface area contributed by atoms with Crippen molar-refractivity contribution in [2.24, 2.45) is 11.7 Å². The fraction of sp³-hybridized carbons (Fsp3) is 0.600. The molecule has 2 heteroatoms. The Morgan fingerprint density at radius 1 is 1.12 bits per heavy atom. The van der Waals surface area contributed by atoms with E-state index >= 15 is 0 Å². The number of nitrogens with two attached hydrogens (primary N) is 1. The van der Waals surface area contributed by atoms with Crippen LogP contribution in [0.15, 0.2) is 24.3 Å². The Bertz CT molecular complexity index is 327. The van der Waals surface area contributed by atoms with Crippen LogP contribution in [-0.4, -0.2) is 0 Å². The van der Waals surface area contributed by atoms with Gasteiger partial charge in [0.2, 0.25) is 0 Å². The molecule has 2 atom stereocenters. The van der Waals surface area contributed by atoms with Crippen LogP contribution in [0.5, 0.6) is 0 Å². The first-order chi connectivity index (χ1) is 8.29. The number of hydrogen-bond donors (Lipinski definition) is 1. The van der Waals surface area contributed by atoms with Gasteiger partial charge in [0.15, 0.2) is 0 Å². The maximum absolute atomic E-state index is 5.62. The molecule has 0 aliphatic heterocycles. The zero-order chi connectivity index (χ0) is 12.1. The molecule has 1 aromatic carbocycles. The predicted molar refractivity (Wildman–Crippen MR) is 78.0 cm³/mol. The van der Waals surface area contributed by atoms with Crippen LogP contribution in [0, 0.1) is 5.92 Å². The Balaban J connectivity index is 1.91. The quantitative estimate of drug-likeness (QED) is 0.801. The van der Waals surface area contributed by atoms with Crippen LogP contribution in [0.2, 0.25) is 0 Å². The van der Waals surface area contributed by atoms with Gasteiger partial charge < -0.3 is 5.73 Å². The molecular formula is C15H24NP. The molecule has 0 saturated heterocycles. The van der Waals surface area contributed by atoms with Crippen molar-refractivity contribution < 1.29 is 0 Å². The molecule has 2 rings (SSSR count). The second-order valence-electron chi connectivity index (χ2n) is 5.29. The van der Waals surface area contributed by atoms with Crippen LogP contribution in [0.3, 0.4) is 0 Å². The molecule has 0 amide bonds. The molecule has 0 radical (unpaired) electrons. The number of benzene rings is 1. The second kappa shape index (κ2) is 6.52. The molecule has 1 nitrogen and oxygen atoms in total. The summed E-state index contributed by atoms with van der Waals surface area (Å²) in [5, 5.41) is 0. The van der Waals surface area contributed by atoms with Gasteiger partial charge in [-0.25, -0.2) is 0 Å². The molecule has 0 aromatic heterocycles. The third kappa shape index (κ3) is 3.79. The molecule has 0 spiro atoms. The van der Waals surface area contributed by atoms with E-state index in [-0.39, 0.29) is 0 Å². The van der Waals surface area contributed by atoms with Crippen LogP contribution < -0.4 is 5.73 Å². The van der Waals surface area contributed by atoms with Crippen molar-refractivity contribution in [2.75, 3.05) is 0 Å². The highest BCUT2D eigenvalue weighted by Gasteiger charge is 2.17. The van der Waals surface area contributed by atoms with Crippen LogP contribution in [0.4, 0.5) is 0 Å². The first-order valence-corrected chi connectivity index (χ1v) is 7.50. The molecule has 2 N–H and O–H groups in total. The van der Waals surface area contributed by atoms with E-state index in [2.05, 4.69) is 33.5 Å². The SMILES string of the molecule is NCc1ccc(C(P)CC2CCCCC2)cc1. The Morgan fingerprint density at radius 2 is 1.76 bits per heavy atom. The van der Waals surface area contributed by atoms with E-state index in [1.807, 2.05) is 0 Å². The topological polar surface area (TPSA) is 26.0 Å². The lowest BCUT2D eigenvalue weighted by Gasteiger charge is -2.24. The Morgan fingerprint density at radius 3 is 2.35 bits per heavy atom. The molecular weight excluding hydrogens is 225 g/mol. The zero-order valence-corrected chi connectivity index (χ0v) is 11.7. The maximum atomic E-state index is 5.62. The van der Waals surface area contributed by atoms with Crippen molar-refractivity contribution >= 4 is 9.24 Å². The fourth-order valence-corrected chi connectivity index (χ4v) is 3.43. The number of hydrogen-bond acceptors (Lipinski definition) is 1. The van der Waals surface area contributed by atoms with Gasteiger partial charge in [0.1, 0.15) is 0 Å². The third-order valence-corrected chi connectivity index (χ3v) is 4.61. The summed E-state index contributed by atoms with van der Waals surface area (Å²) in [4.78, 5) is 0. The van der Waals surface area contributed by atoms with E-state index in [4.69, 9.17) is 5.73 Å².